The van der Waals surface area contributed by atoms with Crippen molar-refractivity contribution in [1.29, 1.82) is 0 Å². The first-order valence-electron chi connectivity index (χ1n) is 7.36. The Bertz CT molecular complexity index is 770. The van der Waals surface area contributed by atoms with E-state index in [-0.39, 0.29) is 17.2 Å². The van der Waals surface area contributed by atoms with E-state index in [0.717, 1.165) is 6.41 Å². The van der Waals surface area contributed by atoms with Gasteiger partial charge in [0.15, 0.2) is 5.69 Å². The second kappa shape index (κ2) is 6.12. The number of hydrogen-bond donors (Lipinski definition) is 0. The van der Waals surface area contributed by atoms with Crippen LogP contribution in [0.5, 0.6) is 0 Å². The molecule has 0 spiro atoms. The zero-order valence-corrected chi connectivity index (χ0v) is 12.8. The van der Waals surface area contributed by atoms with E-state index in [1.807, 2.05) is 6.07 Å². The molecule has 7 heteroatoms. The molecule has 0 bridgehead atoms. The molecular weight excluding hydrogens is 298 g/mol. The maximum absolute atomic E-state index is 12.8. The third-order valence-electron chi connectivity index (χ3n) is 3.99. The third kappa shape index (κ3) is 2.77. The van der Waals surface area contributed by atoms with Crippen LogP contribution < -0.4 is 5.63 Å². The SMILES string of the molecule is Cn1oc(=O)c(-c2ccccc2)c1C(=O)N1CCN(C=O)CC1. The molecule has 2 amide bonds. The van der Waals surface area contributed by atoms with Gasteiger partial charge in [0.25, 0.3) is 5.91 Å². The van der Waals surface area contributed by atoms with Gasteiger partial charge < -0.3 is 14.3 Å². The van der Waals surface area contributed by atoms with Crippen LogP contribution in [0.15, 0.2) is 39.6 Å². The number of nitrogens with zero attached hydrogens (tertiary/aromatic N) is 3. The topological polar surface area (TPSA) is 75.8 Å². The van der Waals surface area contributed by atoms with Crippen molar-refractivity contribution in [3.8, 4) is 11.1 Å². The van der Waals surface area contributed by atoms with Gasteiger partial charge in [-0.3, -0.25) is 9.59 Å². The molecule has 0 atom stereocenters. The van der Waals surface area contributed by atoms with Gasteiger partial charge in [-0.2, -0.15) is 0 Å². The minimum atomic E-state index is -0.534. The number of rotatable bonds is 3. The summed E-state index contributed by atoms with van der Waals surface area (Å²) >= 11 is 0. The number of carbonyl (C=O) groups excluding carboxylic acids is 2. The number of piperazine rings is 1. The summed E-state index contributed by atoms with van der Waals surface area (Å²) in [6.45, 7) is 1.85. The van der Waals surface area contributed by atoms with Gasteiger partial charge in [0.05, 0.1) is 0 Å². The molecule has 120 valence electrons. The first kappa shape index (κ1) is 15.1. The largest absolute Gasteiger partial charge is 0.366 e. The van der Waals surface area contributed by atoms with E-state index in [0.29, 0.717) is 31.7 Å². The summed E-state index contributed by atoms with van der Waals surface area (Å²) in [6.07, 6.45) is 0.783. The van der Waals surface area contributed by atoms with Crippen LogP contribution in [0.4, 0.5) is 0 Å². The first-order valence-corrected chi connectivity index (χ1v) is 7.36. The lowest BCUT2D eigenvalue weighted by Gasteiger charge is -2.32. The summed E-state index contributed by atoms with van der Waals surface area (Å²) < 4.78 is 6.32. The predicted octanol–water partition coefficient (Wildman–Crippen LogP) is 0.559. The van der Waals surface area contributed by atoms with Crippen LogP contribution in [0, 0.1) is 0 Å². The number of aryl methyl sites for hydroxylation is 1. The Hall–Kier alpha value is -2.83. The molecule has 3 rings (SSSR count). The standard InChI is InChI=1S/C16H17N3O4/c1-17-14(15(21)19-9-7-18(11-20)8-10-19)13(16(22)23-17)12-5-3-2-4-6-12/h2-6,11H,7-10H2,1H3. The van der Waals surface area contributed by atoms with Gasteiger partial charge in [0, 0.05) is 33.2 Å². The van der Waals surface area contributed by atoms with E-state index in [1.54, 1.807) is 41.1 Å². The second-order valence-corrected chi connectivity index (χ2v) is 5.40. The van der Waals surface area contributed by atoms with Gasteiger partial charge >= 0.3 is 5.63 Å². The average molecular weight is 315 g/mol. The van der Waals surface area contributed by atoms with Crippen molar-refractivity contribution in [1.82, 2.24) is 14.5 Å². The molecule has 2 heterocycles. The normalized spacial score (nSPS) is 14.8. The van der Waals surface area contributed by atoms with Gasteiger partial charge in [-0.05, 0) is 5.56 Å². The minimum Gasteiger partial charge on any atom is -0.342 e. The smallest absolute Gasteiger partial charge is 0.342 e. The molecule has 1 aliphatic rings. The molecule has 1 fully saturated rings. The van der Waals surface area contributed by atoms with Crippen LogP contribution in [-0.4, -0.2) is 53.0 Å². The fourth-order valence-electron chi connectivity index (χ4n) is 2.75. The van der Waals surface area contributed by atoms with E-state index < -0.39 is 5.63 Å². The summed E-state index contributed by atoms with van der Waals surface area (Å²) in [5, 5.41) is 0. The van der Waals surface area contributed by atoms with Crippen molar-refractivity contribution in [3.05, 3.63) is 46.4 Å². The summed E-state index contributed by atoms with van der Waals surface area (Å²) in [6, 6.07) is 8.99. The van der Waals surface area contributed by atoms with E-state index >= 15 is 0 Å². The molecule has 1 aromatic heterocycles. The highest BCUT2D eigenvalue weighted by Crippen LogP contribution is 2.22. The number of hydrogen-bond acceptors (Lipinski definition) is 4. The van der Waals surface area contributed by atoms with Crippen LogP contribution in [0.25, 0.3) is 11.1 Å². The summed E-state index contributed by atoms with van der Waals surface area (Å²) in [5.74, 6) is -0.261. The highest BCUT2D eigenvalue weighted by molar-refractivity contribution is 5.99. The lowest BCUT2D eigenvalue weighted by atomic mass is 10.1. The molecule has 0 saturated carbocycles. The Kier molecular flexibility index (Phi) is 4.01. The van der Waals surface area contributed by atoms with E-state index in [1.165, 1.54) is 4.74 Å². The highest BCUT2D eigenvalue weighted by atomic mass is 16.5. The van der Waals surface area contributed by atoms with Gasteiger partial charge in [-0.25, -0.2) is 9.53 Å². The molecule has 0 unspecified atom stereocenters. The predicted molar refractivity (Wildman–Crippen MR) is 82.9 cm³/mol. The number of benzene rings is 1. The van der Waals surface area contributed by atoms with E-state index in [9.17, 15) is 14.4 Å². The Balaban J connectivity index is 1.96. The molecule has 1 saturated heterocycles. The highest BCUT2D eigenvalue weighted by Gasteiger charge is 2.29. The van der Waals surface area contributed by atoms with E-state index in [2.05, 4.69) is 0 Å². The van der Waals surface area contributed by atoms with Gasteiger partial charge in [0.2, 0.25) is 6.41 Å². The van der Waals surface area contributed by atoms with Gasteiger partial charge in [-0.1, -0.05) is 30.3 Å². The number of aromatic nitrogens is 1. The summed E-state index contributed by atoms with van der Waals surface area (Å²) in [5.41, 5.74) is 0.627. The van der Waals surface area contributed by atoms with Crippen LogP contribution in [0.1, 0.15) is 10.5 Å². The monoisotopic (exact) mass is 315 g/mol. The molecule has 1 aliphatic heterocycles. The first-order chi connectivity index (χ1) is 11.1. The molecule has 2 aromatic rings. The lowest BCUT2D eigenvalue weighted by molar-refractivity contribution is -0.119. The summed E-state index contributed by atoms with van der Waals surface area (Å²) in [7, 11) is 1.54. The Labute approximate surface area is 132 Å². The third-order valence-corrected chi connectivity index (χ3v) is 3.99. The Morgan fingerprint density at radius 1 is 1.13 bits per heavy atom. The fourth-order valence-corrected chi connectivity index (χ4v) is 2.75. The molecule has 7 nitrogen and oxygen atoms in total. The van der Waals surface area contributed by atoms with Crippen molar-refractivity contribution in [3.63, 3.8) is 0 Å². The van der Waals surface area contributed by atoms with Gasteiger partial charge in [0.1, 0.15) is 5.56 Å². The molecule has 0 N–H and O–H groups in total. The number of amides is 2. The van der Waals surface area contributed by atoms with Crippen LogP contribution in [-0.2, 0) is 11.8 Å². The van der Waals surface area contributed by atoms with Gasteiger partial charge in [-0.15, -0.1) is 0 Å². The summed E-state index contributed by atoms with van der Waals surface area (Å²) in [4.78, 5) is 39.0. The molecule has 0 aliphatic carbocycles. The fraction of sp³-hybridized carbons (Fsp3) is 0.312. The zero-order valence-electron chi connectivity index (χ0n) is 12.8. The quantitative estimate of drug-likeness (QED) is 0.776. The molecule has 23 heavy (non-hydrogen) atoms. The van der Waals surface area contributed by atoms with Crippen molar-refractivity contribution in [2.75, 3.05) is 26.2 Å². The Morgan fingerprint density at radius 2 is 1.78 bits per heavy atom. The van der Waals surface area contributed by atoms with E-state index in [4.69, 9.17) is 4.52 Å². The Morgan fingerprint density at radius 3 is 2.39 bits per heavy atom. The van der Waals surface area contributed by atoms with Crippen LogP contribution in [0.2, 0.25) is 0 Å². The molecule has 0 radical (unpaired) electrons. The lowest BCUT2D eigenvalue weighted by Crippen LogP contribution is -2.48. The maximum atomic E-state index is 12.8. The minimum absolute atomic E-state index is 0.237. The van der Waals surface area contributed by atoms with Crippen LogP contribution >= 0.6 is 0 Å². The van der Waals surface area contributed by atoms with Crippen LogP contribution in [0.3, 0.4) is 0 Å². The van der Waals surface area contributed by atoms with Crippen molar-refractivity contribution in [2.24, 2.45) is 7.05 Å². The molecule has 1 aromatic carbocycles. The van der Waals surface area contributed by atoms with Crippen molar-refractivity contribution >= 4 is 12.3 Å². The van der Waals surface area contributed by atoms with Crippen molar-refractivity contribution < 1.29 is 14.1 Å². The zero-order chi connectivity index (χ0) is 16.4. The van der Waals surface area contributed by atoms with Crippen molar-refractivity contribution in [2.45, 2.75) is 0 Å². The second-order valence-electron chi connectivity index (χ2n) is 5.40. The maximum Gasteiger partial charge on any atom is 0.366 e. The average Bonchev–Trinajstić information content (AvgIpc) is 2.89. The number of carbonyl (C=O) groups is 2. The molecular formula is C16H17N3O4.